The Balaban J connectivity index is 2.10. The molecule has 2 amide bonds. The third-order valence-corrected chi connectivity index (χ3v) is 3.72. The maximum atomic E-state index is 12.2. The molecule has 0 unspecified atom stereocenters. The number of Topliss-reactive ketones (excluding diaryl/α,β-unsaturated/α-hetero) is 1. The van der Waals surface area contributed by atoms with Crippen LogP contribution in [0.2, 0.25) is 5.02 Å². The Labute approximate surface area is 145 Å². The third kappa shape index (κ3) is 4.43. The van der Waals surface area contributed by atoms with Crippen LogP contribution in [0.25, 0.3) is 0 Å². The molecule has 0 aliphatic rings. The lowest BCUT2D eigenvalue weighted by molar-refractivity contribution is -0.120. The van der Waals surface area contributed by atoms with Crippen LogP contribution in [0.5, 0.6) is 0 Å². The molecule has 0 saturated carbocycles. The average Bonchev–Trinajstić information content (AvgIpc) is 2.53. The number of rotatable bonds is 5. The van der Waals surface area contributed by atoms with Crippen LogP contribution in [0.4, 0.5) is 11.4 Å². The Bertz CT molecular complexity index is 772. The topological polar surface area (TPSA) is 66.5 Å². The van der Waals surface area contributed by atoms with E-state index in [2.05, 4.69) is 5.32 Å². The zero-order valence-electron chi connectivity index (χ0n) is 13.4. The Morgan fingerprint density at radius 3 is 2.17 bits per heavy atom. The van der Waals surface area contributed by atoms with Crippen LogP contribution >= 0.6 is 11.6 Å². The van der Waals surface area contributed by atoms with Gasteiger partial charge in [0.2, 0.25) is 11.8 Å². The van der Waals surface area contributed by atoms with Crippen molar-refractivity contribution in [1.29, 1.82) is 0 Å². The summed E-state index contributed by atoms with van der Waals surface area (Å²) in [6.45, 7) is 2.69. The van der Waals surface area contributed by atoms with Gasteiger partial charge in [-0.3, -0.25) is 14.4 Å². The van der Waals surface area contributed by atoms with Gasteiger partial charge in [0.05, 0.1) is 10.7 Å². The summed E-state index contributed by atoms with van der Waals surface area (Å²) < 4.78 is 0. The Morgan fingerprint density at radius 1 is 1.00 bits per heavy atom. The second-order valence-electron chi connectivity index (χ2n) is 5.24. The standard InChI is InChI=1S/C18H17ClN2O3/c1-12(22)14-7-9-15(10-8-14)20-18(24)11-21(13(2)23)17-6-4-3-5-16(17)19/h3-10H,11H2,1-2H3,(H,20,24). The number of nitrogens with zero attached hydrogens (tertiary/aromatic N) is 1. The fourth-order valence-corrected chi connectivity index (χ4v) is 2.41. The van der Waals surface area contributed by atoms with Gasteiger partial charge >= 0.3 is 0 Å². The molecule has 0 bridgehead atoms. The molecule has 124 valence electrons. The lowest BCUT2D eigenvalue weighted by atomic mass is 10.1. The first-order chi connectivity index (χ1) is 11.4. The minimum atomic E-state index is -0.360. The summed E-state index contributed by atoms with van der Waals surface area (Å²) >= 11 is 6.10. The number of hydrogen-bond donors (Lipinski definition) is 1. The van der Waals surface area contributed by atoms with Gasteiger partial charge in [0.15, 0.2) is 5.78 Å². The zero-order chi connectivity index (χ0) is 17.7. The molecule has 0 atom stereocenters. The lowest BCUT2D eigenvalue weighted by Gasteiger charge is -2.21. The monoisotopic (exact) mass is 344 g/mol. The first-order valence-corrected chi connectivity index (χ1v) is 7.70. The molecule has 0 aliphatic heterocycles. The predicted octanol–water partition coefficient (Wildman–Crippen LogP) is 3.53. The highest BCUT2D eigenvalue weighted by Crippen LogP contribution is 2.25. The molecule has 0 heterocycles. The van der Waals surface area contributed by atoms with E-state index in [1.165, 1.54) is 18.7 Å². The number of halogens is 1. The molecular weight excluding hydrogens is 328 g/mol. The summed E-state index contributed by atoms with van der Waals surface area (Å²) in [6.07, 6.45) is 0. The van der Waals surface area contributed by atoms with Crippen LogP contribution in [0.3, 0.4) is 0 Å². The van der Waals surface area contributed by atoms with Crippen LogP contribution in [0.1, 0.15) is 24.2 Å². The van der Waals surface area contributed by atoms with E-state index in [1.807, 2.05) is 0 Å². The summed E-state index contributed by atoms with van der Waals surface area (Å²) in [5.41, 5.74) is 1.59. The van der Waals surface area contributed by atoms with Gasteiger partial charge < -0.3 is 10.2 Å². The molecule has 1 N–H and O–H groups in total. The van der Waals surface area contributed by atoms with E-state index >= 15 is 0 Å². The highest BCUT2D eigenvalue weighted by Gasteiger charge is 2.18. The van der Waals surface area contributed by atoms with Crippen LogP contribution in [0.15, 0.2) is 48.5 Å². The fraction of sp³-hybridized carbons (Fsp3) is 0.167. The van der Waals surface area contributed by atoms with Gasteiger partial charge in [0, 0.05) is 18.2 Å². The number of ketones is 1. The maximum Gasteiger partial charge on any atom is 0.244 e. The number of anilines is 2. The minimum Gasteiger partial charge on any atom is -0.325 e. The third-order valence-electron chi connectivity index (χ3n) is 3.40. The SMILES string of the molecule is CC(=O)c1ccc(NC(=O)CN(C(C)=O)c2ccccc2Cl)cc1. The Hall–Kier alpha value is -2.66. The van der Waals surface area contributed by atoms with E-state index in [4.69, 9.17) is 11.6 Å². The summed E-state index contributed by atoms with van der Waals surface area (Å²) in [5, 5.41) is 3.09. The molecule has 0 aliphatic carbocycles. The number of hydrogen-bond acceptors (Lipinski definition) is 3. The van der Waals surface area contributed by atoms with Crippen molar-refractivity contribution in [2.24, 2.45) is 0 Å². The quantitative estimate of drug-likeness (QED) is 0.844. The molecule has 2 rings (SSSR count). The second-order valence-corrected chi connectivity index (χ2v) is 5.65. The van der Waals surface area contributed by atoms with Crippen LogP contribution < -0.4 is 10.2 Å². The van der Waals surface area contributed by atoms with E-state index in [-0.39, 0.29) is 24.1 Å². The number of amides is 2. The van der Waals surface area contributed by atoms with E-state index in [9.17, 15) is 14.4 Å². The molecule has 5 nitrogen and oxygen atoms in total. The Kier molecular flexibility index (Phi) is 5.71. The van der Waals surface area contributed by atoms with Crippen molar-refractivity contribution in [2.75, 3.05) is 16.8 Å². The van der Waals surface area contributed by atoms with Crippen LogP contribution in [0, 0.1) is 0 Å². The van der Waals surface area contributed by atoms with Gasteiger partial charge in [-0.15, -0.1) is 0 Å². The smallest absolute Gasteiger partial charge is 0.244 e. The molecule has 24 heavy (non-hydrogen) atoms. The van der Waals surface area contributed by atoms with Crippen molar-refractivity contribution >= 4 is 40.6 Å². The maximum absolute atomic E-state index is 12.2. The van der Waals surface area contributed by atoms with Crippen molar-refractivity contribution in [3.63, 3.8) is 0 Å². The molecule has 6 heteroatoms. The Morgan fingerprint density at radius 2 is 1.62 bits per heavy atom. The van der Waals surface area contributed by atoms with Crippen molar-refractivity contribution in [3.05, 3.63) is 59.1 Å². The van der Waals surface area contributed by atoms with E-state index in [0.29, 0.717) is 22.0 Å². The fourth-order valence-electron chi connectivity index (χ4n) is 2.17. The van der Waals surface area contributed by atoms with E-state index in [1.54, 1.807) is 48.5 Å². The van der Waals surface area contributed by atoms with Gasteiger partial charge in [-0.25, -0.2) is 0 Å². The number of carbonyl (C=O) groups is 3. The first kappa shape index (κ1) is 17.7. The largest absolute Gasteiger partial charge is 0.325 e. The van der Waals surface area contributed by atoms with Crippen molar-refractivity contribution in [3.8, 4) is 0 Å². The summed E-state index contributed by atoms with van der Waals surface area (Å²) in [5.74, 6) is -0.694. The summed E-state index contributed by atoms with van der Waals surface area (Å²) in [6, 6.07) is 13.4. The number of para-hydroxylation sites is 1. The summed E-state index contributed by atoms with van der Waals surface area (Å²) in [4.78, 5) is 36.6. The molecular formula is C18H17ClN2O3. The molecule has 0 saturated heterocycles. The number of nitrogens with one attached hydrogen (secondary N) is 1. The van der Waals surface area contributed by atoms with Crippen molar-refractivity contribution < 1.29 is 14.4 Å². The van der Waals surface area contributed by atoms with Crippen molar-refractivity contribution in [1.82, 2.24) is 0 Å². The van der Waals surface area contributed by atoms with E-state index < -0.39 is 0 Å². The normalized spacial score (nSPS) is 10.1. The molecule has 0 radical (unpaired) electrons. The predicted molar refractivity (Wildman–Crippen MR) is 94.6 cm³/mol. The minimum absolute atomic E-state index is 0.0469. The molecule has 2 aromatic carbocycles. The lowest BCUT2D eigenvalue weighted by Crippen LogP contribution is -2.36. The molecule has 0 aromatic heterocycles. The number of carbonyl (C=O) groups excluding carboxylic acids is 3. The molecule has 0 spiro atoms. The second kappa shape index (κ2) is 7.75. The average molecular weight is 345 g/mol. The molecule has 0 fully saturated rings. The van der Waals surface area contributed by atoms with Crippen molar-refractivity contribution in [2.45, 2.75) is 13.8 Å². The van der Waals surface area contributed by atoms with Gasteiger partial charge in [-0.05, 0) is 43.3 Å². The van der Waals surface area contributed by atoms with Gasteiger partial charge in [-0.1, -0.05) is 23.7 Å². The highest BCUT2D eigenvalue weighted by molar-refractivity contribution is 6.33. The first-order valence-electron chi connectivity index (χ1n) is 7.32. The molecule has 2 aromatic rings. The van der Waals surface area contributed by atoms with Gasteiger partial charge in [-0.2, -0.15) is 0 Å². The van der Waals surface area contributed by atoms with Gasteiger partial charge in [0.1, 0.15) is 6.54 Å². The van der Waals surface area contributed by atoms with Crippen LogP contribution in [-0.2, 0) is 9.59 Å². The summed E-state index contributed by atoms with van der Waals surface area (Å²) in [7, 11) is 0. The van der Waals surface area contributed by atoms with E-state index in [0.717, 1.165) is 0 Å². The van der Waals surface area contributed by atoms with Gasteiger partial charge in [0.25, 0.3) is 0 Å². The zero-order valence-corrected chi connectivity index (χ0v) is 14.1. The highest BCUT2D eigenvalue weighted by atomic mass is 35.5. The van der Waals surface area contributed by atoms with Crippen LogP contribution in [-0.4, -0.2) is 24.1 Å². The number of benzene rings is 2.